The molecule has 0 aliphatic carbocycles. The molecular formula is C15H21N5O. The van der Waals surface area contributed by atoms with Crippen LogP contribution in [0.5, 0.6) is 0 Å². The molecule has 2 aromatic rings. The molecule has 0 aromatic carbocycles. The highest BCUT2D eigenvalue weighted by Gasteiger charge is 2.16. The van der Waals surface area contributed by atoms with Crippen molar-refractivity contribution in [2.24, 2.45) is 0 Å². The van der Waals surface area contributed by atoms with Gasteiger partial charge >= 0.3 is 0 Å². The summed E-state index contributed by atoms with van der Waals surface area (Å²) in [7, 11) is 0. The topological polar surface area (TPSA) is 62.5 Å². The molecule has 0 spiro atoms. The van der Waals surface area contributed by atoms with E-state index in [2.05, 4.69) is 15.4 Å². The largest absolute Gasteiger partial charge is 0.343 e. The number of carbonyl (C=O) groups excluding carboxylic acids is 1. The van der Waals surface area contributed by atoms with Gasteiger partial charge in [0.05, 0.1) is 5.69 Å². The first-order valence-electron chi connectivity index (χ1n) is 7.52. The van der Waals surface area contributed by atoms with Crippen molar-refractivity contribution in [2.75, 3.05) is 19.6 Å². The lowest BCUT2D eigenvalue weighted by atomic mass is 10.3. The van der Waals surface area contributed by atoms with Crippen molar-refractivity contribution in [2.45, 2.75) is 32.7 Å². The summed E-state index contributed by atoms with van der Waals surface area (Å²) < 4.78 is 1.79. The van der Waals surface area contributed by atoms with Gasteiger partial charge < -0.3 is 10.2 Å². The minimum Gasteiger partial charge on any atom is -0.343 e. The average Bonchev–Trinajstić information content (AvgIpc) is 3.11. The van der Waals surface area contributed by atoms with E-state index in [0.717, 1.165) is 42.8 Å². The Labute approximate surface area is 124 Å². The van der Waals surface area contributed by atoms with Crippen LogP contribution in [0.3, 0.4) is 0 Å². The number of hydrogen-bond donors (Lipinski definition) is 1. The highest BCUT2D eigenvalue weighted by atomic mass is 16.2. The zero-order valence-electron chi connectivity index (χ0n) is 12.4. The molecule has 3 rings (SSSR count). The van der Waals surface area contributed by atoms with Crippen molar-refractivity contribution >= 4 is 11.6 Å². The maximum atomic E-state index is 11.9. The molecule has 0 bridgehead atoms. The fourth-order valence-electron chi connectivity index (χ4n) is 2.68. The number of likely N-dealkylation sites (tertiary alicyclic amines) is 1. The van der Waals surface area contributed by atoms with Crippen LogP contribution in [0, 0.1) is 6.92 Å². The number of aromatic nitrogens is 3. The lowest BCUT2D eigenvalue weighted by Gasteiger charge is -2.15. The molecule has 1 amide bonds. The quantitative estimate of drug-likeness (QED) is 0.838. The Hall–Kier alpha value is -1.95. The molecule has 6 nitrogen and oxygen atoms in total. The van der Waals surface area contributed by atoms with E-state index in [1.807, 2.05) is 30.3 Å². The summed E-state index contributed by atoms with van der Waals surface area (Å²) in [5, 5.41) is 7.65. The number of aryl methyl sites for hydroxylation is 1. The normalized spacial score (nSPS) is 15.0. The van der Waals surface area contributed by atoms with E-state index in [9.17, 15) is 4.79 Å². The molecule has 2 aromatic heterocycles. The number of nitrogens with zero attached hydrogens (tertiary/aromatic N) is 4. The van der Waals surface area contributed by atoms with Crippen LogP contribution in [0.1, 0.15) is 30.5 Å². The van der Waals surface area contributed by atoms with Crippen LogP contribution in [0.4, 0.5) is 0 Å². The van der Waals surface area contributed by atoms with Crippen LogP contribution in [0.25, 0.3) is 5.65 Å². The van der Waals surface area contributed by atoms with Gasteiger partial charge in [0.1, 0.15) is 0 Å². The van der Waals surface area contributed by atoms with Crippen LogP contribution in [-0.4, -0.2) is 45.0 Å². The Morgan fingerprint density at radius 1 is 1.38 bits per heavy atom. The van der Waals surface area contributed by atoms with Crippen LogP contribution in [0.2, 0.25) is 0 Å². The highest BCUT2D eigenvalue weighted by molar-refractivity contribution is 5.76. The van der Waals surface area contributed by atoms with Gasteiger partial charge in [-0.05, 0) is 19.8 Å². The average molecular weight is 287 g/mol. The zero-order chi connectivity index (χ0) is 14.7. The number of carbonyl (C=O) groups is 1. The summed E-state index contributed by atoms with van der Waals surface area (Å²) in [6.45, 7) is 5.22. The number of rotatable bonds is 5. The standard InChI is InChI=1S/C15H21N5O/c1-12-8-14-17-10-13(11-20(14)18-12)9-16-5-4-15(21)19-6-2-3-7-19/h8,10-11,16H,2-7,9H2,1H3. The van der Waals surface area contributed by atoms with Crippen LogP contribution in [-0.2, 0) is 11.3 Å². The smallest absolute Gasteiger partial charge is 0.223 e. The summed E-state index contributed by atoms with van der Waals surface area (Å²) in [6.07, 6.45) is 6.69. The van der Waals surface area contributed by atoms with E-state index >= 15 is 0 Å². The maximum absolute atomic E-state index is 11.9. The molecule has 0 radical (unpaired) electrons. The minimum atomic E-state index is 0.260. The van der Waals surface area contributed by atoms with Crippen molar-refractivity contribution in [3.63, 3.8) is 0 Å². The summed E-state index contributed by atoms with van der Waals surface area (Å²) >= 11 is 0. The maximum Gasteiger partial charge on any atom is 0.223 e. The van der Waals surface area contributed by atoms with Crippen molar-refractivity contribution in [3.05, 3.63) is 29.7 Å². The highest BCUT2D eigenvalue weighted by Crippen LogP contribution is 2.08. The fraction of sp³-hybridized carbons (Fsp3) is 0.533. The molecule has 112 valence electrons. The molecule has 21 heavy (non-hydrogen) atoms. The molecule has 6 heteroatoms. The molecule has 1 saturated heterocycles. The molecular weight excluding hydrogens is 266 g/mol. The Balaban J connectivity index is 1.46. The lowest BCUT2D eigenvalue weighted by Crippen LogP contribution is -2.30. The first kappa shape index (κ1) is 14.0. The Morgan fingerprint density at radius 2 is 2.19 bits per heavy atom. The Bertz CT molecular complexity index is 630. The Kier molecular flexibility index (Phi) is 4.15. The predicted octanol–water partition coefficient (Wildman–Crippen LogP) is 1.14. The van der Waals surface area contributed by atoms with Gasteiger partial charge in [0.2, 0.25) is 5.91 Å². The summed E-state index contributed by atoms with van der Waals surface area (Å²) in [4.78, 5) is 18.2. The fourth-order valence-corrected chi connectivity index (χ4v) is 2.68. The van der Waals surface area contributed by atoms with Crippen LogP contribution in [0.15, 0.2) is 18.5 Å². The predicted molar refractivity (Wildman–Crippen MR) is 79.9 cm³/mol. The van der Waals surface area contributed by atoms with E-state index in [1.54, 1.807) is 4.52 Å². The molecule has 0 saturated carbocycles. The Morgan fingerprint density at radius 3 is 3.00 bits per heavy atom. The minimum absolute atomic E-state index is 0.260. The number of nitrogens with one attached hydrogen (secondary N) is 1. The van der Waals surface area contributed by atoms with Crippen LogP contribution >= 0.6 is 0 Å². The number of amides is 1. The molecule has 1 N–H and O–H groups in total. The molecule has 1 aliphatic rings. The third-order valence-corrected chi connectivity index (χ3v) is 3.79. The second kappa shape index (κ2) is 6.22. The summed E-state index contributed by atoms with van der Waals surface area (Å²) in [5.41, 5.74) is 2.89. The summed E-state index contributed by atoms with van der Waals surface area (Å²) in [5.74, 6) is 0.260. The van der Waals surface area contributed by atoms with Crippen molar-refractivity contribution in [3.8, 4) is 0 Å². The van der Waals surface area contributed by atoms with Gasteiger partial charge in [0.25, 0.3) is 0 Å². The number of fused-ring (bicyclic) bond motifs is 1. The van der Waals surface area contributed by atoms with Gasteiger partial charge in [0, 0.05) is 56.6 Å². The number of hydrogen-bond acceptors (Lipinski definition) is 4. The molecule has 3 heterocycles. The van der Waals surface area contributed by atoms with Gasteiger partial charge in [-0.15, -0.1) is 0 Å². The van der Waals surface area contributed by atoms with Gasteiger partial charge in [0.15, 0.2) is 5.65 Å². The molecule has 0 unspecified atom stereocenters. The molecule has 1 fully saturated rings. The van der Waals surface area contributed by atoms with Gasteiger partial charge in [-0.1, -0.05) is 0 Å². The molecule has 0 atom stereocenters. The second-order valence-electron chi connectivity index (χ2n) is 5.57. The monoisotopic (exact) mass is 287 g/mol. The third-order valence-electron chi connectivity index (χ3n) is 3.79. The van der Waals surface area contributed by atoms with E-state index in [0.29, 0.717) is 19.5 Å². The SMILES string of the molecule is Cc1cc2ncc(CNCCC(=O)N3CCCC3)cn2n1. The van der Waals surface area contributed by atoms with Gasteiger partial charge in [-0.25, -0.2) is 9.50 Å². The van der Waals surface area contributed by atoms with Gasteiger partial charge in [-0.3, -0.25) is 4.79 Å². The van der Waals surface area contributed by atoms with E-state index in [4.69, 9.17) is 0 Å². The van der Waals surface area contributed by atoms with Crippen LogP contribution < -0.4 is 5.32 Å². The van der Waals surface area contributed by atoms with E-state index < -0.39 is 0 Å². The van der Waals surface area contributed by atoms with Crippen molar-refractivity contribution in [1.29, 1.82) is 0 Å². The first-order valence-corrected chi connectivity index (χ1v) is 7.52. The van der Waals surface area contributed by atoms with Crippen molar-refractivity contribution < 1.29 is 4.79 Å². The lowest BCUT2D eigenvalue weighted by molar-refractivity contribution is -0.130. The van der Waals surface area contributed by atoms with E-state index in [1.165, 1.54) is 0 Å². The zero-order valence-corrected chi connectivity index (χ0v) is 12.4. The van der Waals surface area contributed by atoms with Gasteiger partial charge in [-0.2, -0.15) is 5.10 Å². The third kappa shape index (κ3) is 3.39. The molecule has 1 aliphatic heterocycles. The summed E-state index contributed by atoms with van der Waals surface area (Å²) in [6, 6.07) is 1.95. The first-order chi connectivity index (χ1) is 10.2. The van der Waals surface area contributed by atoms with E-state index in [-0.39, 0.29) is 5.91 Å². The van der Waals surface area contributed by atoms with Crippen molar-refractivity contribution in [1.82, 2.24) is 24.8 Å². The second-order valence-corrected chi connectivity index (χ2v) is 5.57.